The molecule has 1 fully saturated rings. The van der Waals surface area contributed by atoms with E-state index in [0.717, 1.165) is 24.8 Å². The maximum Gasteiger partial charge on any atom is 0.232 e. The average molecular weight is 262 g/mol. The molecule has 0 radical (unpaired) electrons. The summed E-state index contributed by atoms with van der Waals surface area (Å²) in [7, 11) is 0. The van der Waals surface area contributed by atoms with Crippen LogP contribution in [0.15, 0.2) is 22.7 Å². The van der Waals surface area contributed by atoms with Crippen LogP contribution in [0.25, 0.3) is 11.4 Å². The van der Waals surface area contributed by atoms with Crippen molar-refractivity contribution >= 4 is 0 Å². The smallest absolute Gasteiger partial charge is 0.232 e. The zero-order chi connectivity index (χ0) is 13.4. The highest BCUT2D eigenvalue weighted by atomic mass is 19.1. The molecule has 1 heterocycles. The third-order valence-electron chi connectivity index (χ3n) is 3.65. The molecule has 0 amide bonds. The summed E-state index contributed by atoms with van der Waals surface area (Å²) in [6, 6.07) is 4.71. The second kappa shape index (κ2) is 4.74. The Morgan fingerprint density at radius 3 is 2.89 bits per heavy atom. The predicted octanol–water partition coefficient (Wildman–Crippen LogP) is 2.81. The predicted molar refractivity (Wildman–Crippen MR) is 67.0 cm³/mol. The number of hydrogen-bond acceptors (Lipinski definition) is 4. The first-order valence-electron chi connectivity index (χ1n) is 6.43. The molecule has 2 aromatic rings. The summed E-state index contributed by atoms with van der Waals surface area (Å²) < 4.78 is 18.4. The second-order valence-corrected chi connectivity index (χ2v) is 5.02. The van der Waals surface area contributed by atoms with Crippen LogP contribution in [0.4, 0.5) is 4.39 Å². The second-order valence-electron chi connectivity index (χ2n) is 5.02. The molecule has 1 N–H and O–H groups in total. The number of aromatic nitrogens is 2. The first kappa shape index (κ1) is 12.3. The Morgan fingerprint density at radius 1 is 1.37 bits per heavy atom. The quantitative estimate of drug-likeness (QED) is 0.904. The molecule has 2 unspecified atom stereocenters. The Kier molecular flexibility index (Phi) is 3.06. The van der Waals surface area contributed by atoms with Crippen LogP contribution in [0.2, 0.25) is 0 Å². The van der Waals surface area contributed by atoms with Crippen molar-refractivity contribution in [2.45, 2.75) is 38.2 Å². The Bertz CT molecular complexity index is 597. The van der Waals surface area contributed by atoms with Crippen molar-refractivity contribution in [2.75, 3.05) is 0 Å². The molecule has 0 saturated heterocycles. The van der Waals surface area contributed by atoms with Crippen LogP contribution in [-0.4, -0.2) is 21.4 Å². The Hall–Kier alpha value is -1.75. The fraction of sp³-hybridized carbons (Fsp3) is 0.429. The fourth-order valence-corrected chi connectivity index (χ4v) is 2.52. The van der Waals surface area contributed by atoms with Crippen molar-refractivity contribution in [3.8, 4) is 11.4 Å². The molecular weight excluding hydrogens is 247 g/mol. The van der Waals surface area contributed by atoms with Gasteiger partial charge < -0.3 is 9.63 Å². The highest BCUT2D eigenvalue weighted by Gasteiger charge is 2.31. The number of aliphatic hydroxyl groups excluding tert-OH is 1. The molecular formula is C14H15FN2O2. The van der Waals surface area contributed by atoms with E-state index < -0.39 is 6.10 Å². The molecule has 1 aromatic heterocycles. The SMILES string of the molecule is Cc1cc(-c2noc(C3CCCC3O)n2)ccc1F. The number of halogens is 1. The Balaban J connectivity index is 1.90. The molecule has 0 spiro atoms. The van der Waals surface area contributed by atoms with Gasteiger partial charge in [0.1, 0.15) is 5.82 Å². The van der Waals surface area contributed by atoms with Crippen LogP contribution in [0.5, 0.6) is 0 Å². The lowest BCUT2D eigenvalue weighted by molar-refractivity contribution is 0.148. The molecule has 100 valence electrons. The lowest BCUT2D eigenvalue weighted by atomic mass is 10.1. The van der Waals surface area contributed by atoms with Gasteiger partial charge in [0.25, 0.3) is 0 Å². The van der Waals surface area contributed by atoms with Gasteiger partial charge in [-0.3, -0.25) is 0 Å². The molecule has 1 aromatic carbocycles. The van der Waals surface area contributed by atoms with E-state index in [-0.39, 0.29) is 11.7 Å². The topological polar surface area (TPSA) is 59.2 Å². The van der Waals surface area contributed by atoms with E-state index in [9.17, 15) is 9.50 Å². The van der Waals surface area contributed by atoms with Crippen molar-refractivity contribution in [3.05, 3.63) is 35.5 Å². The summed E-state index contributed by atoms with van der Waals surface area (Å²) in [4.78, 5) is 4.32. The molecule has 5 heteroatoms. The van der Waals surface area contributed by atoms with E-state index in [1.54, 1.807) is 19.1 Å². The van der Waals surface area contributed by atoms with Crippen molar-refractivity contribution < 1.29 is 14.0 Å². The largest absolute Gasteiger partial charge is 0.392 e. The van der Waals surface area contributed by atoms with Gasteiger partial charge in [-0.25, -0.2) is 4.39 Å². The molecule has 1 aliphatic carbocycles. The summed E-state index contributed by atoms with van der Waals surface area (Å²) in [6.45, 7) is 1.69. The molecule has 1 saturated carbocycles. The lowest BCUT2D eigenvalue weighted by Gasteiger charge is -2.07. The van der Waals surface area contributed by atoms with E-state index >= 15 is 0 Å². The van der Waals surface area contributed by atoms with Gasteiger partial charge in [-0.2, -0.15) is 4.98 Å². The van der Waals surface area contributed by atoms with Crippen molar-refractivity contribution in [1.82, 2.24) is 10.1 Å². The summed E-state index contributed by atoms with van der Waals surface area (Å²) in [6.07, 6.45) is 2.21. The first-order valence-corrected chi connectivity index (χ1v) is 6.43. The highest BCUT2D eigenvalue weighted by molar-refractivity contribution is 5.55. The minimum atomic E-state index is -0.400. The fourth-order valence-electron chi connectivity index (χ4n) is 2.52. The highest BCUT2D eigenvalue weighted by Crippen LogP contribution is 2.34. The van der Waals surface area contributed by atoms with Crippen molar-refractivity contribution in [2.24, 2.45) is 0 Å². The van der Waals surface area contributed by atoms with E-state index in [1.165, 1.54) is 6.07 Å². The van der Waals surface area contributed by atoms with Gasteiger partial charge in [0.15, 0.2) is 0 Å². The summed E-state index contributed by atoms with van der Waals surface area (Å²) >= 11 is 0. The van der Waals surface area contributed by atoms with E-state index in [2.05, 4.69) is 10.1 Å². The summed E-state index contributed by atoms with van der Waals surface area (Å²) in [5.74, 6) is 0.598. The number of rotatable bonds is 2. The van der Waals surface area contributed by atoms with Gasteiger partial charge in [-0.05, 0) is 49.9 Å². The van der Waals surface area contributed by atoms with Crippen molar-refractivity contribution in [3.63, 3.8) is 0 Å². The van der Waals surface area contributed by atoms with E-state index in [4.69, 9.17) is 4.52 Å². The van der Waals surface area contributed by atoms with Gasteiger partial charge in [0, 0.05) is 5.56 Å². The van der Waals surface area contributed by atoms with Crippen LogP contribution in [0, 0.1) is 12.7 Å². The molecule has 0 aliphatic heterocycles. The standard InChI is InChI=1S/C14H15FN2O2/c1-8-7-9(5-6-11(8)15)13-16-14(19-17-13)10-3-2-4-12(10)18/h5-7,10,12,18H,2-4H2,1H3. The number of nitrogens with zero attached hydrogens (tertiary/aromatic N) is 2. The summed E-state index contributed by atoms with van der Waals surface area (Å²) in [5.41, 5.74) is 1.27. The number of benzene rings is 1. The minimum absolute atomic E-state index is 0.0669. The van der Waals surface area contributed by atoms with Gasteiger partial charge >= 0.3 is 0 Å². The average Bonchev–Trinajstić information content (AvgIpc) is 3.01. The van der Waals surface area contributed by atoms with Crippen molar-refractivity contribution in [1.29, 1.82) is 0 Å². The first-order chi connectivity index (χ1) is 9.15. The summed E-state index contributed by atoms with van der Waals surface area (Å²) in [5, 5.41) is 13.7. The third-order valence-corrected chi connectivity index (χ3v) is 3.65. The zero-order valence-corrected chi connectivity index (χ0v) is 10.6. The van der Waals surface area contributed by atoms with Crippen LogP contribution < -0.4 is 0 Å². The monoisotopic (exact) mass is 262 g/mol. The third kappa shape index (κ3) is 2.26. The number of aryl methyl sites for hydroxylation is 1. The maximum absolute atomic E-state index is 13.2. The normalized spacial score (nSPS) is 22.9. The Labute approximate surface area is 110 Å². The van der Waals surface area contributed by atoms with Gasteiger partial charge in [0.2, 0.25) is 11.7 Å². The van der Waals surface area contributed by atoms with E-state index in [0.29, 0.717) is 17.3 Å². The van der Waals surface area contributed by atoms with E-state index in [1.807, 2.05) is 0 Å². The molecule has 0 bridgehead atoms. The number of aliphatic hydroxyl groups is 1. The molecule has 4 nitrogen and oxygen atoms in total. The maximum atomic E-state index is 13.2. The van der Waals surface area contributed by atoms with Gasteiger partial charge in [0.05, 0.1) is 12.0 Å². The zero-order valence-electron chi connectivity index (χ0n) is 10.6. The van der Waals surface area contributed by atoms with Gasteiger partial charge in [-0.1, -0.05) is 5.16 Å². The van der Waals surface area contributed by atoms with Crippen LogP contribution >= 0.6 is 0 Å². The van der Waals surface area contributed by atoms with Crippen LogP contribution in [0.3, 0.4) is 0 Å². The molecule has 19 heavy (non-hydrogen) atoms. The lowest BCUT2D eigenvalue weighted by Crippen LogP contribution is -2.11. The molecule has 2 atom stereocenters. The molecule has 3 rings (SSSR count). The van der Waals surface area contributed by atoms with Crippen LogP contribution in [0.1, 0.15) is 36.6 Å². The minimum Gasteiger partial charge on any atom is -0.392 e. The van der Waals surface area contributed by atoms with Gasteiger partial charge in [-0.15, -0.1) is 0 Å². The van der Waals surface area contributed by atoms with Crippen LogP contribution in [-0.2, 0) is 0 Å². The number of hydrogen-bond donors (Lipinski definition) is 1. The Morgan fingerprint density at radius 2 is 2.21 bits per heavy atom. The molecule has 1 aliphatic rings.